The lowest BCUT2D eigenvalue weighted by molar-refractivity contribution is 0.203. The number of unbranched alkanes of at least 4 members (excludes halogenated alkanes) is 1. The first-order valence-corrected chi connectivity index (χ1v) is 11.5. The Morgan fingerprint density at radius 1 is 1.24 bits per heavy atom. The average molecular weight is 531 g/mol. The number of nitrogens with one attached hydrogen (secondary N) is 2. The first-order chi connectivity index (χ1) is 13.8. The molecule has 3 rings (SSSR count). The Morgan fingerprint density at radius 2 is 2.10 bits per heavy atom. The maximum atomic E-state index is 5.43. The number of thiophene rings is 1. The topological polar surface area (TPSA) is 52.8 Å². The number of furan rings is 1. The number of nitrogens with zero attached hydrogens (tertiary/aromatic N) is 2. The van der Waals surface area contributed by atoms with Gasteiger partial charge in [-0.3, -0.25) is 4.99 Å². The van der Waals surface area contributed by atoms with E-state index in [0.717, 1.165) is 37.7 Å². The maximum absolute atomic E-state index is 5.43. The van der Waals surface area contributed by atoms with Crippen molar-refractivity contribution in [3.8, 4) is 0 Å². The molecule has 1 saturated heterocycles. The highest BCUT2D eigenvalue weighted by atomic mass is 127. The molecular weight excluding hydrogens is 495 g/mol. The van der Waals surface area contributed by atoms with Crippen molar-refractivity contribution in [1.29, 1.82) is 0 Å². The Kier molecular flexibility index (Phi) is 11.7. The van der Waals surface area contributed by atoms with Gasteiger partial charge < -0.3 is 20.0 Å². The maximum Gasteiger partial charge on any atom is 0.191 e. The molecule has 0 unspecified atom stereocenters. The van der Waals surface area contributed by atoms with Gasteiger partial charge in [0.25, 0.3) is 0 Å². The number of likely N-dealkylation sites (tertiary alicyclic amines) is 1. The monoisotopic (exact) mass is 530 g/mol. The number of guanidine groups is 1. The van der Waals surface area contributed by atoms with Crippen LogP contribution in [0.25, 0.3) is 0 Å². The molecule has 2 aromatic heterocycles. The quantitative estimate of drug-likeness (QED) is 0.269. The minimum Gasteiger partial charge on any atom is -0.469 e. The molecule has 3 heterocycles. The fourth-order valence-corrected chi connectivity index (χ4v) is 4.22. The van der Waals surface area contributed by atoms with E-state index in [2.05, 4.69) is 40.0 Å². The predicted molar refractivity (Wildman–Crippen MR) is 134 cm³/mol. The highest BCUT2D eigenvalue weighted by Crippen LogP contribution is 2.12. The van der Waals surface area contributed by atoms with Gasteiger partial charge in [-0.05, 0) is 49.4 Å². The van der Waals surface area contributed by atoms with Crippen LogP contribution in [0.1, 0.15) is 43.2 Å². The molecule has 0 aliphatic carbocycles. The fourth-order valence-electron chi connectivity index (χ4n) is 3.52. The van der Waals surface area contributed by atoms with E-state index in [1.54, 1.807) is 17.6 Å². The number of rotatable bonds is 10. The largest absolute Gasteiger partial charge is 0.469 e. The van der Waals surface area contributed by atoms with Crippen LogP contribution in [0.4, 0.5) is 0 Å². The van der Waals surface area contributed by atoms with Gasteiger partial charge >= 0.3 is 0 Å². The predicted octanol–water partition coefficient (Wildman–Crippen LogP) is 4.54. The summed E-state index contributed by atoms with van der Waals surface area (Å²) in [6, 6.07) is 8.76. The van der Waals surface area contributed by atoms with Crippen molar-refractivity contribution >= 4 is 41.3 Å². The third-order valence-electron chi connectivity index (χ3n) is 5.21. The Labute approximate surface area is 196 Å². The van der Waals surface area contributed by atoms with Crippen molar-refractivity contribution in [1.82, 2.24) is 15.5 Å². The number of hydrogen-bond donors (Lipinski definition) is 2. The molecule has 0 saturated carbocycles. The van der Waals surface area contributed by atoms with Crippen molar-refractivity contribution < 1.29 is 4.42 Å². The third kappa shape index (κ3) is 9.09. The highest BCUT2D eigenvalue weighted by molar-refractivity contribution is 14.0. The lowest BCUT2D eigenvalue weighted by atomic mass is 10.0. The van der Waals surface area contributed by atoms with E-state index in [-0.39, 0.29) is 24.0 Å². The van der Waals surface area contributed by atoms with Gasteiger partial charge in [-0.25, -0.2) is 0 Å². The smallest absolute Gasteiger partial charge is 0.191 e. The van der Waals surface area contributed by atoms with E-state index in [4.69, 9.17) is 9.41 Å². The van der Waals surface area contributed by atoms with Gasteiger partial charge in [0.15, 0.2) is 5.96 Å². The molecule has 162 valence electrons. The molecule has 0 aromatic carbocycles. The van der Waals surface area contributed by atoms with Crippen LogP contribution in [0.5, 0.6) is 0 Å². The van der Waals surface area contributed by atoms with Crippen molar-refractivity contribution in [3.63, 3.8) is 0 Å². The standard InChI is InChI=1S/C22H34N4OS.HI/c1-2-3-14-26-15-10-19(11-16-26)25-22(23-12-8-20-6-4-17-27-20)24-13-9-21-7-5-18-28-21;/h4-7,17-19H,2-3,8-16H2,1H3,(H2,23,24,25);1H. The van der Waals surface area contributed by atoms with Crippen LogP contribution in [0.2, 0.25) is 0 Å². The molecule has 0 atom stereocenters. The molecular formula is C22H35IN4OS. The summed E-state index contributed by atoms with van der Waals surface area (Å²) in [6.07, 6.45) is 8.56. The van der Waals surface area contributed by atoms with Crippen LogP contribution < -0.4 is 10.6 Å². The Morgan fingerprint density at radius 3 is 2.79 bits per heavy atom. The number of hydrogen-bond acceptors (Lipinski definition) is 4. The molecule has 1 aliphatic heterocycles. The molecule has 5 nitrogen and oxygen atoms in total. The molecule has 2 aromatic rings. The van der Waals surface area contributed by atoms with E-state index in [1.165, 1.54) is 50.2 Å². The lowest BCUT2D eigenvalue weighted by Crippen LogP contribution is -2.49. The van der Waals surface area contributed by atoms with Crippen LogP contribution >= 0.6 is 35.3 Å². The third-order valence-corrected chi connectivity index (χ3v) is 6.14. The van der Waals surface area contributed by atoms with Gasteiger partial charge in [0.2, 0.25) is 0 Å². The molecule has 0 bridgehead atoms. The zero-order chi connectivity index (χ0) is 19.4. The Bertz CT molecular complexity index is 667. The number of piperidine rings is 1. The first kappa shape index (κ1) is 24.2. The summed E-state index contributed by atoms with van der Waals surface area (Å²) in [5.74, 6) is 1.95. The van der Waals surface area contributed by atoms with Crippen LogP contribution in [-0.2, 0) is 12.8 Å². The zero-order valence-corrected chi connectivity index (χ0v) is 20.6. The van der Waals surface area contributed by atoms with Crippen molar-refractivity contribution in [3.05, 3.63) is 46.5 Å². The van der Waals surface area contributed by atoms with Gasteiger partial charge in [-0.2, -0.15) is 0 Å². The van der Waals surface area contributed by atoms with E-state index < -0.39 is 0 Å². The number of aliphatic imine (C=N–C) groups is 1. The van der Waals surface area contributed by atoms with Crippen LogP contribution in [0, 0.1) is 0 Å². The Hall–Kier alpha value is -1.06. The summed E-state index contributed by atoms with van der Waals surface area (Å²) in [6.45, 7) is 7.52. The molecule has 29 heavy (non-hydrogen) atoms. The second-order valence-corrected chi connectivity index (χ2v) is 8.46. The summed E-state index contributed by atoms with van der Waals surface area (Å²) >= 11 is 1.81. The summed E-state index contributed by atoms with van der Waals surface area (Å²) in [7, 11) is 0. The fraction of sp³-hybridized carbons (Fsp3) is 0.591. The second-order valence-electron chi connectivity index (χ2n) is 7.43. The van der Waals surface area contributed by atoms with Gasteiger partial charge in [0, 0.05) is 49.9 Å². The zero-order valence-electron chi connectivity index (χ0n) is 17.4. The average Bonchev–Trinajstić information content (AvgIpc) is 3.41. The van der Waals surface area contributed by atoms with Crippen molar-refractivity contribution in [2.24, 2.45) is 4.99 Å². The molecule has 7 heteroatoms. The van der Waals surface area contributed by atoms with Crippen LogP contribution in [-0.4, -0.2) is 49.6 Å². The second kappa shape index (κ2) is 14.0. The van der Waals surface area contributed by atoms with E-state index in [9.17, 15) is 0 Å². The highest BCUT2D eigenvalue weighted by Gasteiger charge is 2.19. The molecule has 0 amide bonds. The Balaban J connectivity index is 0.00000300. The minimum atomic E-state index is 0. The summed E-state index contributed by atoms with van der Waals surface area (Å²) in [4.78, 5) is 8.83. The molecule has 1 aliphatic rings. The minimum absolute atomic E-state index is 0. The number of halogens is 1. The SMILES string of the molecule is CCCCN1CCC(NC(=NCCc2cccs2)NCCc2ccco2)CC1.I. The van der Waals surface area contributed by atoms with Gasteiger partial charge in [-0.15, -0.1) is 35.3 Å². The van der Waals surface area contributed by atoms with Gasteiger partial charge in [-0.1, -0.05) is 19.4 Å². The van der Waals surface area contributed by atoms with E-state index in [1.807, 2.05) is 12.1 Å². The van der Waals surface area contributed by atoms with E-state index in [0.29, 0.717) is 6.04 Å². The lowest BCUT2D eigenvalue weighted by Gasteiger charge is -2.33. The normalized spacial score (nSPS) is 15.8. The summed E-state index contributed by atoms with van der Waals surface area (Å²) in [5, 5.41) is 9.31. The van der Waals surface area contributed by atoms with E-state index >= 15 is 0 Å². The van der Waals surface area contributed by atoms with Crippen molar-refractivity contribution in [2.75, 3.05) is 32.7 Å². The molecule has 1 fully saturated rings. The van der Waals surface area contributed by atoms with Gasteiger partial charge in [0.1, 0.15) is 5.76 Å². The van der Waals surface area contributed by atoms with Crippen molar-refractivity contribution in [2.45, 2.75) is 51.5 Å². The molecule has 2 N–H and O–H groups in total. The summed E-state index contributed by atoms with van der Waals surface area (Å²) < 4.78 is 5.43. The summed E-state index contributed by atoms with van der Waals surface area (Å²) in [5.41, 5.74) is 0. The van der Waals surface area contributed by atoms with Crippen LogP contribution in [0.3, 0.4) is 0 Å². The molecule has 0 spiro atoms. The van der Waals surface area contributed by atoms with Crippen LogP contribution in [0.15, 0.2) is 45.3 Å². The van der Waals surface area contributed by atoms with Gasteiger partial charge in [0.05, 0.1) is 6.26 Å². The molecule has 0 radical (unpaired) electrons. The first-order valence-electron chi connectivity index (χ1n) is 10.7.